The summed E-state index contributed by atoms with van der Waals surface area (Å²) in [5.41, 5.74) is 1.56. The lowest BCUT2D eigenvalue weighted by Gasteiger charge is -2.09. The summed E-state index contributed by atoms with van der Waals surface area (Å²) in [6.07, 6.45) is 4.00. The number of carbonyl (C=O) groups is 2. The van der Waals surface area contributed by atoms with Crippen molar-refractivity contribution in [2.75, 3.05) is 18.5 Å². The van der Waals surface area contributed by atoms with E-state index in [1.54, 1.807) is 25.1 Å². The van der Waals surface area contributed by atoms with Crippen LogP contribution in [-0.4, -0.2) is 25.2 Å². The number of nitrogens with one attached hydrogen (secondary N) is 2. The molecule has 0 saturated carbocycles. The van der Waals surface area contributed by atoms with Gasteiger partial charge in [0.25, 0.3) is 0 Å². The first-order chi connectivity index (χ1) is 10.5. The minimum absolute atomic E-state index is 0.213. The van der Waals surface area contributed by atoms with Gasteiger partial charge in [-0.25, -0.2) is 9.59 Å². The zero-order valence-corrected chi connectivity index (χ0v) is 13.4. The van der Waals surface area contributed by atoms with Crippen molar-refractivity contribution in [2.24, 2.45) is 5.92 Å². The Kier molecular flexibility index (Phi) is 7.75. The molecule has 2 N–H and O–H groups in total. The molecule has 0 aliphatic rings. The van der Waals surface area contributed by atoms with E-state index in [0.29, 0.717) is 24.8 Å². The molecule has 0 fully saturated rings. The van der Waals surface area contributed by atoms with Crippen molar-refractivity contribution in [2.45, 2.75) is 27.2 Å². The summed E-state index contributed by atoms with van der Waals surface area (Å²) >= 11 is 0. The number of hydrogen-bond donors (Lipinski definition) is 2. The zero-order valence-electron chi connectivity index (χ0n) is 13.4. The molecule has 1 rings (SSSR count). The number of urea groups is 1. The molecule has 0 heterocycles. The SMILES string of the molecule is CCOC(=O)C=Cc1ccc(NC(=O)NCCC(C)C)cc1. The van der Waals surface area contributed by atoms with E-state index in [-0.39, 0.29) is 12.0 Å². The topological polar surface area (TPSA) is 67.4 Å². The van der Waals surface area contributed by atoms with Crippen LogP contribution in [0.4, 0.5) is 10.5 Å². The Morgan fingerprint density at radius 2 is 1.91 bits per heavy atom. The van der Waals surface area contributed by atoms with Crippen LogP contribution in [0.1, 0.15) is 32.8 Å². The number of hydrogen-bond acceptors (Lipinski definition) is 3. The van der Waals surface area contributed by atoms with Gasteiger partial charge in [-0.1, -0.05) is 26.0 Å². The number of amides is 2. The number of ether oxygens (including phenoxy) is 1. The minimum atomic E-state index is -0.366. The Hall–Kier alpha value is -2.30. The molecule has 5 heteroatoms. The third kappa shape index (κ3) is 7.47. The molecule has 1 aromatic carbocycles. The number of rotatable bonds is 7. The maximum Gasteiger partial charge on any atom is 0.330 e. The molecule has 0 radical (unpaired) electrons. The zero-order chi connectivity index (χ0) is 16.4. The maximum atomic E-state index is 11.7. The van der Waals surface area contributed by atoms with E-state index in [0.717, 1.165) is 12.0 Å². The monoisotopic (exact) mass is 304 g/mol. The molecule has 0 saturated heterocycles. The Morgan fingerprint density at radius 3 is 2.50 bits per heavy atom. The van der Waals surface area contributed by atoms with Gasteiger partial charge in [0.2, 0.25) is 0 Å². The first-order valence-electron chi connectivity index (χ1n) is 7.51. The van der Waals surface area contributed by atoms with Gasteiger partial charge < -0.3 is 15.4 Å². The Morgan fingerprint density at radius 1 is 1.23 bits per heavy atom. The molecule has 0 aliphatic carbocycles. The average molecular weight is 304 g/mol. The first kappa shape index (κ1) is 17.8. The predicted molar refractivity (Wildman–Crippen MR) is 88.6 cm³/mol. The van der Waals surface area contributed by atoms with E-state index < -0.39 is 0 Å². The molecule has 0 aromatic heterocycles. The van der Waals surface area contributed by atoms with Crippen LogP contribution in [-0.2, 0) is 9.53 Å². The van der Waals surface area contributed by atoms with Crippen LogP contribution in [0.5, 0.6) is 0 Å². The normalized spacial score (nSPS) is 10.7. The van der Waals surface area contributed by atoms with Gasteiger partial charge in [0.15, 0.2) is 0 Å². The third-order valence-corrected chi connectivity index (χ3v) is 2.87. The van der Waals surface area contributed by atoms with Crippen molar-refractivity contribution in [3.63, 3.8) is 0 Å². The summed E-state index contributed by atoms with van der Waals surface area (Å²) in [5, 5.41) is 5.57. The lowest BCUT2D eigenvalue weighted by Crippen LogP contribution is -2.30. The molecule has 0 bridgehead atoms. The van der Waals surface area contributed by atoms with Crippen LogP contribution in [0.15, 0.2) is 30.3 Å². The molecular weight excluding hydrogens is 280 g/mol. The summed E-state index contributed by atoms with van der Waals surface area (Å²) in [4.78, 5) is 22.9. The van der Waals surface area contributed by atoms with Crippen LogP contribution in [0.2, 0.25) is 0 Å². The van der Waals surface area contributed by atoms with Gasteiger partial charge in [0.1, 0.15) is 0 Å². The number of anilines is 1. The van der Waals surface area contributed by atoms with Crippen molar-refractivity contribution < 1.29 is 14.3 Å². The molecule has 0 atom stereocenters. The number of benzene rings is 1. The number of esters is 1. The fourth-order valence-electron chi connectivity index (χ4n) is 1.68. The predicted octanol–water partition coefficient (Wildman–Crippen LogP) is 3.43. The third-order valence-electron chi connectivity index (χ3n) is 2.87. The van der Waals surface area contributed by atoms with Gasteiger partial charge in [-0.3, -0.25) is 0 Å². The van der Waals surface area contributed by atoms with Crippen molar-refractivity contribution in [1.29, 1.82) is 0 Å². The Bertz CT molecular complexity index is 507. The molecule has 0 spiro atoms. The van der Waals surface area contributed by atoms with Gasteiger partial charge in [-0.05, 0) is 43.0 Å². The number of carbonyl (C=O) groups excluding carboxylic acids is 2. The van der Waals surface area contributed by atoms with E-state index >= 15 is 0 Å². The van der Waals surface area contributed by atoms with Crippen molar-refractivity contribution in [3.8, 4) is 0 Å². The largest absolute Gasteiger partial charge is 0.463 e. The second-order valence-electron chi connectivity index (χ2n) is 5.27. The van der Waals surface area contributed by atoms with Crippen LogP contribution in [0.25, 0.3) is 6.08 Å². The van der Waals surface area contributed by atoms with Gasteiger partial charge in [0.05, 0.1) is 6.61 Å². The highest BCUT2D eigenvalue weighted by atomic mass is 16.5. The van der Waals surface area contributed by atoms with Crippen LogP contribution >= 0.6 is 0 Å². The van der Waals surface area contributed by atoms with Crippen molar-refractivity contribution in [1.82, 2.24) is 5.32 Å². The van der Waals surface area contributed by atoms with E-state index in [2.05, 4.69) is 24.5 Å². The molecule has 5 nitrogen and oxygen atoms in total. The molecule has 0 unspecified atom stereocenters. The summed E-state index contributed by atoms with van der Waals surface area (Å²) in [6, 6.07) is 6.99. The standard InChI is InChI=1S/C17H24N2O3/c1-4-22-16(20)10-7-14-5-8-15(9-6-14)19-17(21)18-12-11-13(2)3/h5-10,13H,4,11-12H2,1-3H3,(H2,18,19,21). The van der Waals surface area contributed by atoms with E-state index in [1.807, 2.05) is 12.1 Å². The van der Waals surface area contributed by atoms with Gasteiger partial charge >= 0.3 is 12.0 Å². The van der Waals surface area contributed by atoms with Gasteiger partial charge in [-0.2, -0.15) is 0 Å². The molecule has 0 aliphatic heterocycles. The fraction of sp³-hybridized carbons (Fsp3) is 0.412. The molecule has 120 valence electrons. The highest BCUT2D eigenvalue weighted by molar-refractivity contribution is 5.90. The lowest BCUT2D eigenvalue weighted by atomic mass is 10.1. The smallest absolute Gasteiger partial charge is 0.330 e. The van der Waals surface area contributed by atoms with Gasteiger partial charge in [0, 0.05) is 18.3 Å². The summed E-state index contributed by atoms with van der Waals surface area (Å²) in [5.74, 6) is 0.194. The Balaban J connectivity index is 2.44. The molecule has 22 heavy (non-hydrogen) atoms. The summed E-state index contributed by atoms with van der Waals surface area (Å²) in [6.45, 7) is 7.00. The first-order valence-corrected chi connectivity index (χ1v) is 7.51. The minimum Gasteiger partial charge on any atom is -0.463 e. The second kappa shape index (κ2) is 9.60. The summed E-state index contributed by atoms with van der Waals surface area (Å²) < 4.78 is 4.80. The fourth-order valence-corrected chi connectivity index (χ4v) is 1.68. The van der Waals surface area contributed by atoms with Crippen molar-refractivity contribution in [3.05, 3.63) is 35.9 Å². The van der Waals surface area contributed by atoms with Crippen LogP contribution in [0, 0.1) is 5.92 Å². The van der Waals surface area contributed by atoms with Crippen LogP contribution in [0.3, 0.4) is 0 Å². The van der Waals surface area contributed by atoms with Crippen LogP contribution < -0.4 is 10.6 Å². The summed E-state index contributed by atoms with van der Waals surface area (Å²) in [7, 11) is 0. The second-order valence-corrected chi connectivity index (χ2v) is 5.27. The quantitative estimate of drug-likeness (QED) is 0.599. The maximum absolute atomic E-state index is 11.7. The van der Waals surface area contributed by atoms with Gasteiger partial charge in [-0.15, -0.1) is 0 Å². The highest BCUT2D eigenvalue weighted by Gasteiger charge is 2.02. The molecular formula is C17H24N2O3. The highest BCUT2D eigenvalue weighted by Crippen LogP contribution is 2.10. The molecule has 2 amide bonds. The lowest BCUT2D eigenvalue weighted by molar-refractivity contribution is -0.137. The molecule has 1 aromatic rings. The van der Waals surface area contributed by atoms with E-state index in [4.69, 9.17) is 4.74 Å². The van der Waals surface area contributed by atoms with Crippen molar-refractivity contribution >= 4 is 23.8 Å². The van der Waals surface area contributed by atoms with E-state index in [9.17, 15) is 9.59 Å². The average Bonchev–Trinajstić information content (AvgIpc) is 2.46. The Labute approximate surface area is 131 Å². The van der Waals surface area contributed by atoms with E-state index in [1.165, 1.54) is 6.08 Å².